The Morgan fingerprint density at radius 3 is 2.88 bits per heavy atom. The van der Waals surface area contributed by atoms with Gasteiger partial charge in [-0.3, -0.25) is 9.69 Å². The van der Waals surface area contributed by atoms with Crippen LogP contribution in [0, 0.1) is 5.92 Å². The van der Waals surface area contributed by atoms with Crippen molar-refractivity contribution in [2.24, 2.45) is 5.92 Å². The van der Waals surface area contributed by atoms with Gasteiger partial charge < -0.3 is 5.11 Å². The number of carbonyl (C=O) groups excluding carboxylic acids is 1. The number of hydrogen-bond acceptors (Lipinski definition) is 3. The van der Waals surface area contributed by atoms with Crippen molar-refractivity contribution >= 4 is 5.78 Å². The Kier molecular flexibility index (Phi) is 3.98. The van der Waals surface area contributed by atoms with Gasteiger partial charge in [0.25, 0.3) is 0 Å². The Balaban J connectivity index is 1.94. The van der Waals surface area contributed by atoms with Crippen molar-refractivity contribution in [3.05, 3.63) is 0 Å². The maximum atomic E-state index is 11.8. The van der Waals surface area contributed by atoms with Gasteiger partial charge in [0.15, 0.2) is 0 Å². The molecule has 0 aromatic heterocycles. The molecule has 0 amide bonds. The fourth-order valence-electron chi connectivity index (χ4n) is 3.18. The molecule has 3 atom stereocenters. The number of β-amino-alcohol motifs (C(OH)–C–C–N with tert-alkyl or cyclic N) is 1. The Bertz CT molecular complexity index is 254. The van der Waals surface area contributed by atoms with Gasteiger partial charge in [0.2, 0.25) is 0 Å². The molecule has 0 spiro atoms. The third-order valence-corrected chi connectivity index (χ3v) is 4.15. The van der Waals surface area contributed by atoms with Crippen molar-refractivity contribution in [1.82, 2.24) is 4.90 Å². The quantitative estimate of drug-likeness (QED) is 0.790. The van der Waals surface area contributed by atoms with Crippen molar-refractivity contribution in [1.29, 1.82) is 0 Å². The van der Waals surface area contributed by atoms with E-state index in [1.807, 2.05) is 6.92 Å². The third kappa shape index (κ3) is 2.46. The number of aliphatic hydroxyl groups excluding tert-OH is 1. The van der Waals surface area contributed by atoms with Gasteiger partial charge >= 0.3 is 0 Å². The predicted molar refractivity (Wildman–Crippen MR) is 63.2 cm³/mol. The van der Waals surface area contributed by atoms with Crippen LogP contribution in [0.2, 0.25) is 0 Å². The Hall–Kier alpha value is -0.410. The van der Waals surface area contributed by atoms with Gasteiger partial charge in [-0.25, -0.2) is 0 Å². The molecule has 1 aliphatic heterocycles. The summed E-state index contributed by atoms with van der Waals surface area (Å²) < 4.78 is 0. The molecular formula is C13H23NO2. The molecule has 0 aromatic carbocycles. The fraction of sp³-hybridized carbons (Fsp3) is 0.923. The first-order valence-corrected chi connectivity index (χ1v) is 6.67. The summed E-state index contributed by atoms with van der Waals surface area (Å²) in [6.07, 6.45) is 5.84. The summed E-state index contributed by atoms with van der Waals surface area (Å²) in [5, 5.41) is 9.72. The standard InChI is InChI=1S/C13H23NO2/c1-2-10(15)9-14-8-4-6-12(14)11-5-3-7-13(11)16/h10-12,15H,2-9H2,1H3. The number of aliphatic hydroxyl groups is 1. The third-order valence-electron chi connectivity index (χ3n) is 4.15. The zero-order chi connectivity index (χ0) is 11.5. The van der Waals surface area contributed by atoms with Crippen LogP contribution >= 0.6 is 0 Å². The van der Waals surface area contributed by atoms with E-state index < -0.39 is 0 Å². The molecule has 0 aromatic rings. The molecular weight excluding hydrogens is 202 g/mol. The molecule has 92 valence electrons. The Morgan fingerprint density at radius 1 is 1.44 bits per heavy atom. The zero-order valence-electron chi connectivity index (χ0n) is 10.2. The maximum absolute atomic E-state index is 11.8. The van der Waals surface area contributed by atoms with Crippen molar-refractivity contribution in [2.45, 2.75) is 57.6 Å². The van der Waals surface area contributed by atoms with Gasteiger partial charge in [0, 0.05) is 24.9 Å². The van der Waals surface area contributed by atoms with Crippen LogP contribution in [0.3, 0.4) is 0 Å². The molecule has 16 heavy (non-hydrogen) atoms. The topological polar surface area (TPSA) is 40.5 Å². The molecule has 0 radical (unpaired) electrons. The largest absolute Gasteiger partial charge is 0.392 e. The monoisotopic (exact) mass is 225 g/mol. The van der Waals surface area contributed by atoms with E-state index in [1.54, 1.807) is 0 Å². The minimum atomic E-state index is -0.225. The second-order valence-electron chi connectivity index (χ2n) is 5.23. The first-order valence-electron chi connectivity index (χ1n) is 6.67. The smallest absolute Gasteiger partial charge is 0.137 e. The van der Waals surface area contributed by atoms with E-state index in [9.17, 15) is 9.90 Å². The number of ketones is 1. The summed E-state index contributed by atoms with van der Waals surface area (Å²) in [6, 6.07) is 0.427. The van der Waals surface area contributed by atoms with Crippen LogP contribution in [-0.4, -0.2) is 41.0 Å². The van der Waals surface area contributed by atoms with Crippen molar-refractivity contribution in [2.75, 3.05) is 13.1 Å². The molecule has 3 heteroatoms. The number of likely N-dealkylation sites (tertiary alicyclic amines) is 1. The van der Waals surface area contributed by atoms with E-state index in [0.717, 1.165) is 45.2 Å². The van der Waals surface area contributed by atoms with Crippen molar-refractivity contribution < 1.29 is 9.90 Å². The fourth-order valence-corrected chi connectivity index (χ4v) is 3.18. The minimum absolute atomic E-state index is 0.225. The average molecular weight is 225 g/mol. The molecule has 0 bridgehead atoms. The van der Waals surface area contributed by atoms with Crippen LogP contribution in [0.1, 0.15) is 45.4 Å². The summed E-state index contributed by atoms with van der Waals surface area (Å²) in [5.41, 5.74) is 0. The van der Waals surface area contributed by atoms with E-state index in [0.29, 0.717) is 11.8 Å². The SMILES string of the molecule is CCC(O)CN1CCCC1C1CCCC1=O. The summed E-state index contributed by atoms with van der Waals surface area (Å²) in [6.45, 7) is 3.83. The van der Waals surface area contributed by atoms with Crippen LogP contribution in [0.5, 0.6) is 0 Å². The molecule has 2 aliphatic rings. The lowest BCUT2D eigenvalue weighted by Gasteiger charge is -2.29. The highest BCUT2D eigenvalue weighted by molar-refractivity contribution is 5.83. The molecule has 1 N–H and O–H groups in total. The van der Waals surface area contributed by atoms with Crippen LogP contribution < -0.4 is 0 Å². The lowest BCUT2D eigenvalue weighted by molar-refractivity contribution is -0.122. The van der Waals surface area contributed by atoms with Gasteiger partial charge in [-0.2, -0.15) is 0 Å². The first-order chi connectivity index (χ1) is 7.72. The van der Waals surface area contributed by atoms with Crippen LogP contribution in [0.4, 0.5) is 0 Å². The lowest BCUT2D eigenvalue weighted by atomic mass is 9.95. The molecule has 2 rings (SSSR count). The second-order valence-corrected chi connectivity index (χ2v) is 5.23. The average Bonchev–Trinajstić information content (AvgIpc) is 2.86. The van der Waals surface area contributed by atoms with Gasteiger partial charge in [-0.05, 0) is 38.6 Å². The van der Waals surface area contributed by atoms with E-state index >= 15 is 0 Å². The predicted octanol–water partition coefficient (Wildman–Crippen LogP) is 1.59. The van der Waals surface area contributed by atoms with Crippen LogP contribution in [0.25, 0.3) is 0 Å². The van der Waals surface area contributed by atoms with Crippen molar-refractivity contribution in [3.8, 4) is 0 Å². The molecule has 1 heterocycles. The highest BCUT2D eigenvalue weighted by Crippen LogP contribution is 2.33. The number of carbonyl (C=O) groups is 1. The number of Topliss-reactive ketones (excluding diaryl/α,β-unsaturated/α-hetero) is 1. The summed E-state index contributed by atoms with van der Waals surface area (Å²) in [4.78, 5) is 14.1. The highest BCUT2D eigenvalue weighted by Gasteiger charge is 2.38. The molecule has 2 fully saturated rings. The second kappa shape index (κ2) is 5.28. The maximum Gasteiger partial charge on any atom is 0.137 e. The normalized spacial score (nSPS) is 33.5. The van der Waals surface area contributed by atoms with Gasteiger partial charge in [-0.15, -0.1) is 0 Å². The molecule has 1 aliphatic carbocycles. The van der Waals surface area contributed by atoms with E-state index in [2.05, 4.69) is 4.90 Å². The number of rotatable bonds is 4. The molecule has 3 nitrogen and oxygen atoms in total. The van der Waals surface area contributed by atoms with E-state index in [4.69, 9.17) is 0 Å². The lowest BCUT2D eigenvalue weighted by Crippen LogP contribution is -2.41. The van der Waals surface area contributed by atoms with Crippen LogP contribution in [-0.2, 0) is 4.79 Å². The summed E-state index contributed by atoms with van der Waals surface area (Å²) in [7, 11) is 0. The summed E-state index contributed by atoms with van der Waals surface area (Å²) >= 11 is 0. The van der Waals surface area contributed by atoms with Gasteiger partial charge in [-0.1, -0.05) is 6.92 Å². The Morgan fingerprint density at radius 2 is 2.25 bits per heavy atom. The molecule has 3 unspecified atom stereocenters. The summed E-state index contributed by atoms with van der Waals surface area (Å²) in [5.74, 6) is 0.731. The van der Waals surface area contributed by atoms with Gasteiger partial charge in [0.1, 0.15) is 5.78 Å². The van der Waals surface area contributed by atoms with E-state index in [1.165, 1.54) is 6.42 Å². The first kappa shape index (κ1) is 12.1. The molecule has 1 saturated carbocycles. The van der Waals surface area contributed by atoms with Crippen molar-refractivity contribution in [3.63, 3.8) is 0 Å². The van der Waals surface area contributed by atoms with Gasteiger partial charge in [0.05, 0.1) is 6.10 Å². The van der Waals surface area contributed by atoms with E-state index in [-0.39, 0.29) is 12.0 Å². The van der Waals surface area contributed by atoms with Crippen LogP contribution in [0.15, 0.2) is 0 Å². The highest BCUT2D eigenvalue weighted by atomic mass is 16.3. The zero-order valence-corrected chi connectivity index (χ0v) is 10.2. The molecule has 1 saturated heterocycles. The Labute approximate surface area is 97.8 Å². The minimum Gasteiger partial charge on any atom is -0.392 e. The number of nitrogens with zero attached hydrogens (tertiary/aromatic N) is 1. The number of hydrogen-bond donors (Lipinski definition) is 1.